The third kappa shape index (κ3) is 3.11. The second kappa shape index (κ2) is 6.79. The maximum atomic E-state index is 6.31. The summed E-state index contributed by atoms with van der Waals surface area (Å²) in [4.78, 5) is 4.66. The van der Waals surface area contributed by atoms with E-state index in [-0.39, 0.29) is 11.4 Å². The van der Waals surface area contributed by atoms with E-state index in [1.165, 1.54) is 0 Å². The molecule has 20 heavy (non-hydrogen) atoms. The Bertz CT molecular complexity index is 575. The van der Waals surface area contributed by atoms with Gasteiger partial charge >= 0.3 is 0 Å². The van der Waals surface area contributed by atoms with Crippen molar-refractivity contribution in [1.29, 1.82) is 0 Å². The molecule has 0 aliphatic heterocycles. The smallest absolute Gasteiger partial charge is 0.128 e. The van der Waals surface area contributed by atoms with Crippen LogP contribution in [-0.2, 0) is 4.74 Å². The number of aromatic nitrogens is 2. The van der Waals surface area contributed by atoms with E-state index in [9.17, 15) is 0 Å². The van der Waals surface area contributed by atoms with Gasteiger partial charge in [0.2, 0.25) is 0 Å². The zero-order valence-corrected chi connectivity index (χ0v) is 13.6. The first-order valence-electron chi connectivity index (χ1n) is 6.88. The number of alkyl halides is 1. The molecule has 5 heteroatoms. The quantitative estimate of drug-likeness (QED) is 0.703. The summed E-state index contributed by atoms with van der Waals surface area (Å²) in [5.74, 6) is 0.874. The lowest BCUT2D eigenvalue weighted by atomic mass is 10.1. The van der Waals surface area contributed by atoms with Gasteiger partial charge in [-0.25, -0.2) is 4.98 Å². The Labute approximate surface area is 129 Å². The molecule has 3 nitrogen and oxygen atoms in total. The van der Waals surface area contributed by atoms with Crippen molar-refractivity contribution in [2.45, 2.75) is 38.1 Å². The van der Waals surface area contributed by atoms with Crippen molar-refractivity contribution in [2.75, 3.05) is 13.7 Å². The van der Waals surface area contributed by atoms with Crippen LogP contribution in [0.2, 0.25) is 5.02 Å². The van der Waals surface area contributed by atoms with E-state index in [1.807, 2.05) is 25.1 Å². The Morgan fingerprint density at radius 2 is 2.15 bits per heavy atom. The summed E-state index contributed by atoms with van der Waals surface area (Å²) in [7, 11) is 1.72. The van der Waals surface area contributed by atoms with Crippen LogP contribution in [0.15, 0.2) is 18.2 Å². The van der Waals surface area contributed by atoms with Gasteiger partial charge in [0.1, 0.15) is 5.82 Å². The van der Waals surface area contributed by atoms with Crippen LogP contribution >= 0.6 is 23.2 Å². The molecule has 0 spiro atoms. The van der Waals surface area contributed by atoms with E-state index < -0.39 is 0 Å². The molecular formula is C15H20Cl2N2O. The van der Waals surface area contributed by atoms with Gasteiger partial charge in [-0.3, -0.25) is 0 Å². The number of nitrogens with zero attached hydrogens (tertiary/aromatic N) is 2. The van der Waals surface area contributed by atoms with E-state index in [2.05, 4.69) is 16.5 Å². The van der Waals surface area contributed by atoms with E-state index in [1.54, 1.807) is 7.11 Å². The van der Waals surface area contributed by atoms with Crippen molar-refractivity contribution in [1.82, 2.24) is 9.55 Å². The lowest BCUT2D eigenvalue weighted by Crippen LogP contribution is -2.17. The van der Waals surface area contributed by atoms with Gasteiger partial charge in [-0.1, -0.05) is 24.9 Å². The van der Waals surface area contributed by atoms with Gasteiger partial charge in [0.25, 0.3) is 0 Å². The Hall–Kier alpha value is -0.770. The normalized spacial score (nSPS) is 14.7. The highest BCUT2D eigenvalue weighted by Gasteiger charge is 2.21. The monoisotopic (exact) mass is 314 g/mol. The van der Waals surface area contributed by atoms with Crippen LogP contribution in [-0.4, -0.2) is 23.3 Å². The minimum Gasteiger partial charge on any atom is -0.383 e. The third-order valence-electron chi connectivity index (χ3n) is 3.38. The van der Waals surface area contributed by atoms with E-state index in [4.69, 9.17) is 27.9 Å². The molecule has 1 aromatic heterocycles. The highest BCUT2D eigenvalue weighted by molar-refractivity contribution is 6.31. The number of hydrogen-bond acceptors (Lipinski definition) is 2. The Balaban J connectivity index is 2.62. The predicted molar refractivity (Wildman–Crippen MR) is 84.8 cm³/mol. The minimum absolute atomic E-state index is 0.155. The van der Waals surface area contributed by atoms with Crippen LogP contribution in [0.25, 0.3) is 11.0 Å². The third-order valence-corrected chi connectivity index (χ3v) is 3.81. The van der Waals surface area contributed by atoms with E-state index >= 15 is 0 Å². The standard InChI is InChI=1S/C15H20Cl2N2O/c1-4-5-12(9-20-3)19-14-8-11(17)6-7-13(14)18-15(19)10(2)16/h6-8,10,12H,4-5,9H2,1-3H3. The van der Waals surface area contributed by atoms with Gasteiger partial charge < -0.3 is 9.30 Å². The number of fused-ring (bicyclic) bond motifs is 1. The Morgan fingerprint density at radius 3 is 2.75 bits per heavy atom. The largest absolute Gasteiger partial charge is 0.383 e. The van der Waals surface area contributed by atoms with E-state index in [0.717, 1.165) is 29.7 Å². The van der Waals surface area contributed by atoms with Crippen LogP contribution in [0.4, 0.5) is 0 Å². The molecule has 0 aliphatic carbocycles. The molecule has 0 aliphatic rings. The van der Waals surface area contributed by atoms with Crippen molar-refractivity contribution in [3.05, 3.63) is 29.0 Å². The zero-order chi connectivity index (χ0) is 14.7. The fourth-order valence-electron chi connectivity index (χ4n) is 2.56. The first kappa shape index (κ1) is 15.6. The number of imidazole rings is 1. The van der Waals surface area contributed by atoms with Crippen molar-refractivity contribution >= 4 is 34.2 Å². The van der Waals surface area contributed by atoms with Crippen molar-refractivity contribution in [3.8, 4) is 0 Å². The molecule has 2 rings (SSSR count). The van der Waals surface area contributed by atoms with Crippen molar-refractivity contribution in [3.63, 3.8) is 0 Å². The maximum Gasteiger partial charge on any atom is 0.128 e. The molecule has 1 heterocycles. The highest BCUT2D eigenvalue weighted by atomic mass is 35.5. The fourth-order valence-corrected chi connectivity index (χ4v) is 2.88. The Kier molecular flexibility index (Phi) is 5.30. The summed E-state index contributed by atoms with van der Waals surface area (Å²) in [5, 5.41) is 0.553. The topological polar surface area (TPSA) is 27.1 Å². The summed E-state index contributed by atoms with van der Waals surface area (Å²) in [6.07, 6.45) is 2.09. The van der Waals surface area contributed by atoms with Crippen LogP contribution in [0.3, 0.4) is 0 Å². The van der Waals surface area contributed by atoms with Crippen molar-refractivity contribution in [2.24, 2.45) is 0 Å². The molecule has 2 aromatic rings. The number of halogens is 2. The lowest BCUT2D eigenvalue weighted by Gasteiger charge is -2.21. The molecule has 0 bridgehead atoms. The minimum atomic E-state index is -0.155. The SMILES string of the molecule is CCCC(COC)n1c(C(C)Cl)nc2ccc(Cl)cc21. The van der Waals surface area contributed by atoms with E-state index in [0.29, 0.717) is 11.6 Å². The molecule has 2 atom stereocenters. The van der Waals surface area contributed by atoms with Crippen LogP contribution in [0, 0.1) is 0 Å². The van der Waals surface area contributed by atoms with Gasteiger partial charge in [-0.2, -0.15) is 0 Å². The number of ether oxygens (including phenoxy) is 1. The average Bonchev–Trinajstić information content (AvgIpc) is 2.77. The number of rotatable bonds is 6. The Morgan fingerprint density at radius 1 is 1.40 bits per heavy atom. The summed E-state index contributed by atoms with van der Waals surface area (Å²) in [6.45, 7) is 4.75. The van der Waals surface area contributed by atoms with Gasteiger partial charge in [-0.05, 0) is 31.5 Å². The molecule has 0 N–H and O–H groups in total. The zero-order valence-electron chi connectivity index (χ0n) is 12.1. The summed E-state index contributed by atoms with van der Waals surface area (Å²) < 4.78 is 7.56. The average molecular weight is 315 g/mol. The molecule has 0 radical (unpaired) electrons. The molecule has 0 saturated carbocycles. The number of methoxy groups -OCH3 is 1. The molecule has 110 valence electrons. The van der Waals surface area contributed by atoms with Crippen LogP contribution < -0.4 is 0 Å². The molecule has 1 aromatic carbocycles. The molecule has 0 amide bonds. The first-order valence-corrected chi connectivity index (χ1v) is 7.70. The molecule has 0 fully saturated rings. The van der Waals surface area contributed by atoms with Crippen molar-refractivity contribution < 1.29 is 4.74 Å². The van der Waals surface area contributed by atoms with Gasteiger partial charge in [-0.15, -0.1) is 11.6 Å². The lowest BCUT2D eigenvalue weighted by molar-refractivity contribution is 0.150. The molecule has 2 unspecified atom stereocenters. The summed E-state index contributed by atoms with van der Waals surface area (Å²) in [5.41, 5.74) is 1.95. The second-order valence-electron chi connectivity index (χ2n) is 4.99. The van der Waals surface area contributed by atoms with Crippen LogP contribution in [0.5, 0.6) is 0 Å². The molecule has 0 saturated heterocycles. The molecular weight excluding hydrogens is 295 g/mol. The number of hydrogen-bond donors (Lipinski definition) is 0. The second-order valence-corrected chi connectivity index (χ2v) is 6.08. The highest BCUT2D eigenvalue weighted by Crippen LogP contribution is 2.31. The van der Waals surface area contributed by atoms with Gasteiger partial charge in [0.15, 0.2) is 0 Å². The first-order chi connectivity index (χ1) is 9.58. The summed E-state index contributed by atoms with van der Waals surface area (Å²) in [6, 6.07) is 5.97. The fraction of sp³-hybridized carbons (Fsp3) is 0.533. The predicted octanol–water partition coefficient (Wildman–Crippen LogP) is 4.98. The number of benzene rings is 1. The maximum absolute atomic E-state index is 6.31. The van der Waals surface area contributed by atoms with Gasteiger partial charge in [0.05, 0.1) is 29.1 Å². The summed E-state index contributed by atoms with van der Waals surface area (Å²) >= 11 is 12.4. The van der Waals surface area contributed by atoms with Crippen LogP contribution in [0.1, 0.15) is 43.9 Å². The van der Waals surface area contributed by atoms with Gasteiger partial charge in [0, 0.05) is 12.1 Å².